The van der Waals surface area contributed by atoms with Gasteiger partial charge in [0, 0.05) is 0 Å². The van der Waals surface area contributed by atoms with Crippen LogP contribution >= 0.6 is 0 Å². The van der Waals surface area contributed by atoms with Gasteiger partial charge in [0.2, 0.25) is 0 Å². The predicted octanol–water partition coefficient (Wildman–Crippen LogP) is 4.00. The quantitative estimate of drug-likeness (QED) is 0.522. The Morgan fingerprint density at radius 1 is 1.18 bits per heavy atom. The molecule has 0 radical (unpaired) electrons. The van der Waals surface area contributed by atoms with E-state index in [0.717, 1.165) is 0 Å². The monoisotopic (exact) mass is 170 g/mol. The van der Waals surface area contributed by atoms with Crippen molar-refractivity contribution in [1.82, 2.24) is 0 Å². The Hall–Kier alpha value is -0.0431. The minimum Gasteiger partial charge on any atom is -0.0925 e. The summed E-state index contributed by atoms with van der Waals surface area (Å²) < 4.78 is 0. The van der Waals surface area contributed by atoms with Crippen molar-refractivity contribution in [1.29, 1.82) is 0 Å². The van der Waals surface area contributed by atoms with E-state index in [1.165, 1.54) is 0 Å². The molecule has 0 aromatic heterocycles. The van der Waals surface area contributed by atoms with Gasteiger partial charge in [-0.3, -0.25) is 0 Å². The van der Waals surface area contributed by atoms with E-state index in [0.29, 0.717) is 5.04 Å². The zero-order valence-electron chi connectivity index (χ0n) is 9.08. The molecule has 0 aliphatic rings. The lowest BCUT2D eigenvalue weighted by Gasteiger charge is -2.37. The molecule has 0 amide bonds. The summed E-state index contributed by atoms with van der Waals surface area (Å²) >= 11 is 0. The molecule has 11 heavy (non-hydrogen) atoms. The van der Waals surface area contributed by atoms with Crippen LogP contribution in [0.15, 0.2) is 11.3 Å². The summed E-state index contributed by atoms with van der Waals surface area (Å²) in [4.78, 5) is 0. The third kappa shape index (κ3) is 2.19. The Morgan fingerprint density at radius 2 is 1.55 bits per heavy atom. The first kappa shape index (κ1) is 11.0. The van der Waals surface area contributed by atoms with Gasteiger partial charge in [0.15, 0.2) is 0 Å². The van der Waals surface area contributed by atoms with Crippen LogP contribution in [0.4, 0.5) is 0 Å². The molecule has 0 aromatic rings. The van der Waals surface area contributed by atoms with Gasteiger partial charge in [-0.1, -0.05) is 45.1 Å². The highest BCUT2D eigenvalue weighted by Gasteiger charge is 2.35. The molecule has 0 unspecified atom stereocenters. The summed E-state index contributed by atoms with van der Waals surface area (Å²) in [6, 6.07) is 0. The molecule has 0 spiro atoms. The number of rotatable bonds is 1. The van der Waals surface area contributed by atoms with Gasteiger partial charge < -0.3 is 0 Å². The first-order chi connectivity index (χ1) is 4.73. The van der Waals surface area contributed by atoms with Crippen LogP contribution < -0.4 is 0 Å². The van der Waals surface area contributed by atoms with E-state index in [-0.39, 0.29) is 0 Å². The summed E-state index contributed by atoms with van der Waals surface area (Å²) in [6.45, 7) is 16.4. The fourth-order valence-electron chi connectivity index (χ4n) is 0.952. The second kappa shape index (κ2) is 3.14. The fraction of sp³-hybridized carbons (Fsp3) is 0.800. The Bertz CT molecular complexity index is 158. The fourth-order valence-corrected chi connectivity index (χ4v) is 2.86. The first-order valence-corrected chi connectivity index (χ1v) is 7.37. The van der Waals surface area contributed by atoms with E-state index in [1.54, 1.807) is 5.20 Å². The van der Waals surface area contributed by atoms with Crippen molar-refractivity contribution < 1.29 is 0 Å². The van der Waals surface area contributed by atoms with Crippen LogP contribution in [-0.2, 0) is 0 Å². The summed E-state index contributed by atoms with van der Waals surface area (Å²) in [7, 11) is -1.15. The van der Waals surface area contributed by atoms with Crippen LogP contribution in [0.5, 0.6) is 0 Å². The van der Waals surface area contributed by atoms with Gasteiger partial charge in [-0.15, -0.1) is 0 Å². The van der Waals surface area contributed by atoms with Gasteiger partial charge in [0.05, 0.1) is 8.07 Å². The van der Waals surface area contributed by atoms with Crippen LogP contribution in [0.25, 0.3) is 0 Å². The van der Waals surface area contributed by atoms with Gasteiger partial charge in [-0.05, 0) is 18.9 Å². The van der Waals surface area contributed by atoms with Crippen LogP contribution in [0.2, 0.25) is 18.1 Å². The molecule has 0 nitrogen and oxygen atoms in total. The number of hydrogen-bond acceptors (Lipinski definition) is 0. The highest BCUT2D eigenvalue weighted by molar-refractivity contribution is 6.86. The van der Waals surface area contributed by atoms with E-state index >= 15 is 0 Å². The third-order valence-electron chi connectivity index (χ3n) is 3.29. The van der Waals surface area contributed by atoms with Crippen molar-refractivity contribution in [2.75, 3.05) is 0 Å². The zero-order valence-corrected chi connectivity index (χ0v) is 10.1. The highest BCUT2D eigenvalue weighted by Crippen LogP contribution is 2.40. The van der Waals surface area contributed by atoms with Crippen molar-refractivity contribution in [2.45, 2.75) is 52.8 Å². The molecule has 0 saturated carbocycles. The van der Waals surface area contributed by atoms with E-state index in [1.807, 2.05) is 0 Å². The van der Waals surface area contributed by atoms with E-state index in [9.17, 15) is 0 Å². The van der Waals surface area contributed by atoms with E-state index in [2.05, 4.69) is 53.8 Å². The van der Waals surface area contributed by atoms with Crippen molar-refractivity contribution >= 4 is 8.07 Å². The largest absolute Gasteiger partial charge is 0.0925 e. The number of allylic oxidation sites excluding steroid dienone is 2. The maximum atomic E-state index is 2.45. The minimum atomic E-state index is -1.15. The zero-order chi connectivity index (χ0) is 9.28. The molecule has 0 aliphatic heterocycles. The maximum absolute atomic E-state index is 2.45. The molecule has 0 aliphatic carbocycles. The molecule has 0 fully saturated rings. The lowest BCUT2D eigenvalue weighted by atomic mass is 10.2. The average Bonchev–Trinajstić information content (AvgIpc) is 1.83. The topological polar surface area (TPSA) is 0 Å². The van der Waals surface area contributed by atoms with E-state index < -0.39 is 8.07 Å². The average molecular weight is 170 g/mol. The van der Waals surface area contributed by atoms with Crippen molar-refractivity contribution in [3.05, 3.63) is 11.3 Å². The highest BCUT2D eigenvalue weighted by atomic mass is 28.3. The Morgan fingerprint density at radius 3 is 1.64 bits per heavy atom. The smallest absolute Gasteiger partial charge is 0.0799 e. The third-order valence-corrected chi connectivity index (χ3v) is 9.30. The molecule has 0 saturated heterocycles. The van der Waals surface area contributed by atoms with Gasteiger partial charge in [0.25, 0.3) is 0 Å². The second-order valence-corrected chi connectivity index (χ2v) is 10.4. The minimum absolute atomic E-state index is 0.490. The summed E-state index contributed by atoms with van der Waals surface area (Å²) in [5.74, 6) is 0. The molecule has 0 N–H and O–H groups in total. The van der Waals surface area contributed by atoms with Crippen molar-refractivity contribution in [3.8, 4) is 0 Å². The van der Waals surface area contributed by atoms with Gasteiger partial charge in [-0.2, -0.15) is 0 Å². The molecular formula is C10H22Si. The molecule has 66 valence electrons. The molecular weight excluding hydrogens is 148 g/mol. The van der Waals surface area contributed by atoms with Crippen LogP contribution in [0.1, 0.15) is 34.6 Å². The molecule has 0 rings (SSSR count). The van der Waals surface area contributed by atoms with Crippen molar-refractivity contribution in [2.24, 2.45) is 0 Å². The summed E-state index contributed by atoms with van der Waals surface area (Å²) in [6.07, 6.45) is 2.28. The standard InChI is InChI=1S/C10H22Si/c1-8-9(2)11(6,7)10(3,4)5/h8H,1-7H3/b9-8-. The second-order valence-electron chi connectivity index (χ2n) is 4.85. The first-order valence-electron chi connectivity index (χ1n) is 4.37. The van der Waals surface area contributed by atoms with Crippen LogP contribution in [0.3, 0.4) is 0 Å². The van der Waals surface area contributed by atoms with Gasteiger partial charge in [-0.25, -0.2) is 0 Å². The normalized spacial score (nSPS) is 15.4. The molecule has 0 bridgehead atoms. The number of hydrogen-bond donors (Lipinski definition) is 0. The SMILES string of the molecule is C/C=C(/C)[Si](C)(C)C(C)(C)C. The Kier molecular flexibility index (Phi) is 3.12. The Balaban J connectivity index is 4.74. The van der Waals surface area contributed by atoms with Crippen molar-refractivity contribution in [3.63, 3.8) is 0 Å². The lowest BCUT2D eigenvalue weighted by Crippen LogP contribution is -2.38. The summed E-state index contributed by atoms with van der Waals surface area (Å²) in [5.41, 5.74) is 0. The van der Waals surface area contributed by atoms with Gasteiger partial charge in [0.1, 0.15) is 0 Å². The molecule has 0 atom stereocenters. The molecule has 1 heteroatoms. The van der Waals surface area contributed by atoms with E-state index in [4.69, 9.17) is 0 Å². The van der Waals surface area contributed by atoms with Crippen LogP contribution in [0, 0.1) is 0 Å². The molecule has 0 aromatic carbocycles. The lowest BCUT2D eigenvalue weighted by molar-refractivity contribution is 0.724. The van der Waals surface area contributed by atoms with Gasteiger partial charge >= 0.3 is 0 Å². The van der Waals surface area contributed by atoms with Crippen LogP contribution in [-0.4, -0.2) is 8.07 Å². The molecule has 0 heterocycles. The Labute approximate surface area is 72.7 Å². The predicted molar refractivity (Wildman–Crippen MR) is 56.6 cm³/mol. The maximum Gasteiger partial charge on any atom is 0.0799 e. The summed E-state index contributed by atoms with van der Waals surface area (Å²) in [5, 5.41) is 2.11.